The summed E-state index contributed by atoms with van der Waals surface area (Å²) in [6.45, 7) is 0. The van der Waals surface area contributed by atoms with Crippen LogP contribution in [0, 0.1) is 0 Å². The molecule has 0 aromatic heterocycles. The zero-order valence-corrected chi connectivity index (χ0v) is 9.47. The summed E-state index contributed by atoms with van der Waals surface area (Å²) in [7, 11) is 0. The number of rotatable bonds is 3. The zero-order valence-electron chi connectivity index (χ0n) is 8.58. The quantitative estimate of drug-likeness (QED) is 0.628. The first-order valence-electron chi connectivity index (χ1n) is 4.89. The molecule has 80 valence electrons. The maximum Gasteiger partial charge on any atom is 0.127 e. The number of hydrogen-bond donors (Lipinski definition) is 1. The SMILES string of the molecule is S/N=C/c1ccc(Oc2ccccc2)cc1. The van der Waals surface area contributed by atoms with Gasteiger partial charge in [-0.05, 0) is 54.8 Å². The van der Waals surface area contributed by atoms with Crippen molar-refractivity contribution >= 4 is 19.0 Å². The van der Waals surface area contributed by atoms with Gasteiger partial charge in [0.2, 0.25) is 0 Å². The van der Waals surface area contributed by atoms with Crippen molar-refractivity contribution in [2.75, 3.05) is 0 Å². The van der Waals surface area contributed by atoms with E-state index in [1.807, 2.05) is 54.6 Å². The van der Waals surface area contributed by atoms with Crippen molar-refractivity contribution in [2.24, 2.45) is 4.40 Å². The molecule has 0 N–H and O–H groups in total. The predicted molar refractivity (Wildman–Crippen MR) is 69.5 cm³/mol. The molecule has 0 fully saturated rings. The largest absolute Gasteiger partial charge is 0.457 e. The van der Waals surface area contributed by atoms with Crippen molar-refractivity contribution in [3.05, 3.63) is 60.2 Å². The standard InChI is InChI=1S/C13H11NOS/c16-14-10-11-6-8-13(9-7-11)15-12-4-2-1-3-5-12/h1-10,16H/b14-10+. The third-order valence-electron chi connectivity index (χ3n) is 2.07. The average Bonchev–Trinajstić information content (AvgIpc) is 2.33. The van der Waals surface area contributed by atoms with Gasteiger partial charge in [0.1, 0.15) is 11.5 Å². The summed E-state index contributed by atoms with van der Waals surface area (Å²) in [5.41, 5.74) is 0.996. The number of hydrogen-bond acceptors (Lipinski definition) is 3. The Labute approximate surface area is 100 Å². The molecule has 0 saturated heterocycles. The number of thiol groups is 1. The van der Waals surface area contributed by atoms with E-state index in [1.165, 1.54) is 0 Å². The van der Waals surface area contributed by atoms with Crippen molar-refractivity contribution in [1.82, 2.24) is 0 Å². The van der Waals surface area contributed by atoms with Crippen LogP contribution in [0.3, 0.4) is 0 Å². The number of para-hydroxylation sites is 1. The van der Waals surface area contributed by atoms with Crippen LogP contribution in [0.2, 0.25) is 0 Å². The molecule has 0 saturated carbocycles. The fraction of sp³-hybridized carbons (Fsp3) is 0. The lowest BCUT2D eigenvalue weighted by atomic mass is 10.2. The molecule has 0 unspecified atom stereocenters. The zero-order chi connectivity index (χ0) is 11.2. The smallest absolute Gasteiger partial charge is 0.127 e. The summed E-state index contributed by atoms with van der Waals surface area (Å²) in [5.74, 6) is 1.64. The van der Waals surface area contributed by atoms with E-state index in [0.29, 0.717) is 0 Å². The van der Waals surface area contributed by atoms with Crippen molar-refractivity contribution in [3.8, 4) is 11.5 Å². The fourth-order valence-electron chi connectivity index (χ4n) is 1.31. The van der Waals surface area contributed by atoms with Crippen LogP contribution in [-0.4, -0.2) is 6.21 Å². The van der Waals surface area contributed by atoms with Gasteiger partial charge in [0.15, 0.2) is 0 Å². The maximum atomic E-state index is 5.65. The third kappa shape index (κ3) is 2.87. The lowest BCUT2D eigenvalue weighted by Gasteiger charge is -2.04. The van der Waals surface area contributed by atoms with E-state index in [1.54, 1.807) is 6.21 Å². The molecule has 16 heavy (non-hydrogen) atoms. The van der Waals surface area contributed by atoms with Gasteiger partial charge in [0.05, 0.1) is 0 Å². The Morgan fingerprint density at radius 1 is 0.875 bits per heavy atom. The number of ether oxygens (including phenoxy) is 1. The van der Waals surface area contributed by atoms with Gasteiger partial charge in [0, 0.05) is 6.21 Å². The average molecular weight is 229 g/mol. The van der Waals surface area contributed by atoms with Crippen molar-refractivity contribution in [3.63, 3.8) is 0 Å². The molecule has 0 radical (unpaired) electrons. The first-order valence-corrected chi connectivity index (χ1v) is 5.29. The van der Waals surface area contributed by atoms with E-state index >= 15 is 0 Å². The summed E-state index contributed by atoms with van der Waals surface area (Å²) in [6.07, 6.45) is 1.68. The molecule has 0 spiro atoms. The summed E-state index contributed by atoms with van der Waals surface area (Å²) in [4.78, 5) is 0. The number of benzene rings is 2. The van der Waals surface area contributed by atoms with Gasteiger partial charge < -0.3 is 4.74 Å². The molecule has 0 aliphatic carbocycles. The summed E-state index contributed by atoms with van der Waals surface area (Å²) >= 11 is 3.78. The van der Waals surface area contributed by atoms with Crippen molar-refractivity contribution in [2.45, 2.75) is 0 Å². The third-order valence-corrected chi connectivity index (χ3v) is 2.18. The molecular weight excluding hydrogens is 218 g/mol. The highest BCUT2D eigenvalue weighted by atomic mass is 32.1. The van der Waals surface area contributed by atoms with Crippen molar-refractivity contribution < 1.29 is 4.74 Å². The van der Waals surface area contributed by atoms with E-state index in [4.69, 9.17) is 4.74 Å². The highest BCUT2D eigenvalue weighted by Gasteiger charge is 1.95. The Balaban J connectivity index is 2.11. The molecule has 0 aliphatic heterocycles. The molecule has 2 nitrogen and oxygen atoms in total. The van der Waals surface area contributed by atoms with Gasteiger partial charge in [-0.2, -0.15) is 0 Å². The van der Waals surface area contributed by atoms with E-state index in [0.717, 1.165) is 17.1 Å². The minimum atomic E-state index is 0.808. The van der Waals surface area contributed by atoms with Gasteiger partial charge in [-0.1, -0.05) is 18.2 Å². The lowest BCUT2D eigenvalue weighted by molar-refractivity contribution is 0.482. The van der Waals surface area contributed by atoms with Crippen LogP contribution < -0.4 is 4.74 Å². The summed E-state index contributed by atoms with van der Waals surface area (Å²) in [5, 5.41) is 0. The molecule has 2 aromatic rings. The molecule has 0 bridgehead atoms. The molecule has 0 heterocycles. The molecule has 0 aliphatic rings. The molecular formula is C13H11NOS. The Morgan fingerprint density at radius 2 is 1.50 bits per heavy atom. The van der Waals surface area contributed by atoms with Crippen LogP contribution in [0.4, 0.5) is 0 Å². The van der Waals surface area contributed by atoms with Crippen LogP contribution >= 0.6 is 12.8 Å². The molecule has 3 heteroatoms. The second-order valence-electron chi connectivity index (χ2n) is 3.23. The fourth-order valence-corrected chi connectivity index (χ4v) is 1.45. The van der Waals surface area contributed by atoms with E-state index in [-0.39, 0.29) is 0 Å². The highest BCUT2D eigenvalue weighted by molar-refractivity contribution is 7.79. The topological polar surface area (TPSA) is 21.6 Å². The number of nitrogens with zero attached hydrogens (tertiary/aromatic N) is 1. The summed E-state index contributed by atoms with van der Waals surface area (Å²) in [6, 6.07) is 17.3. The Morgan fingerprint density at radius 3 is 2.12 bits per heavy atom. The van der Waals surface area contributed by atoms with Crippen LogP contribution in [0.1, 0.15) is 5.56 Å². The monoisotopic (exact) mass is 229 g/mol. The first kappa shape index (κ1) is 10.8. The van der Waals surface area contributed by atoms with Crippen LogP contribution in [-0.2, 0) is 0 Å². The van der Waals surface area contributed by atoms with Crippen LogP contribution in [0.25, 0.3) is 0 Å². The summed E-state index contributed by atoms with van der Waals surface area (Å²) < 4.78 is 9.30. The highest BCUT2D eigenvalue weighted by Crippen LogP contribution is 2.20. The molecule has 2 rings (SSSR count). The van der Waals surface area contributed by atoms with E-state index < -0.39 is 0 Å². The Bertz CT molecular complexity index is 465. The Kier molecular flexibility index (Phi) is 3.62. The molecule has 0 amide bonds. The van der Waals surface area contributed by atoms with Gasteiger partial charge in [0.25, 0.3) is 0 Å². The van der Waals surface area contributed by atoms with Gasteiger partial charge in [-0.25, -0.2) is 4.40 Å². The normalized spacial score (nSPS) is 10.6. The maximum absolute atomic E-state index is 5.65. The Hall–Kier alpha value is -1.74. The molecule has 2 aromatic carbocycles. The van der Waals surface area contributed by atoms with Gasteiger partial charge in [-0.3, -0.25) is 0 Å². The lowest BCUT2D eigenvalue weighted by Crippen LogP contribution is -1.84. The minimum absolute atomic E-state index is 0.808. The minimum Gasteiger partial charge on any atom is -0.457 e. The second-order valence-corrected chi connectivity index (χ2v) is 3.46. The van der Waals surface area contributed by atoms with Crippen molar-refractivity contribution in [1.29, 1.82) is 0 Å². The van der Waals surface area contributed by atoms with Crippen LogP contribution in [0.15, 0.2) is 59.0 Å². The first-order chi connectivity index (χ1) is 7.88. The van der Waals surface area contributed by atoms with E-state index in [9.17, 15) is 0 Å². The van der Waals surface area contributed by atoms with Gasteiger partial charge in [-0.15, -0.1) is 0 Å². The van der Waals surface area contributed by atoms with Crippen LogP contribution in [0.5, 0.6) is 11.5 Å². The molecule has 0 atom stereocenters. The van der Waals surface area contributed by atoms with E-state index in [2.05, 4.69) is 17.2 Å². The van der Waals surface area contributed by atoms with Gasteiger partial charge >= 0.3 is 0 Å². The predicted octanol–water partition coefficient (Wildman–Crippen LogP) is 3.74. The second kappa shape index (κ2) is 5.37.